The molecule has 16 aromatic carbocycles. The fourth-order valence-electron chi connectivity index (χ4n) is 18.6. The lowest BCUT2D eigenvalue weighted by Gasteiger charge is -2.40. The number of allylic oxidation sites excluding steroid dienone is 4. The van der Waals surface area contributed by atoms with Crippen molar-refractivity contribution >= 4 is 164 Å². The van der Waals surface area contributed by atoms with Crippen molar-refractivity contribution in [3.8, 4) is 44.9 Å². The van der Waals surface area contributed by atoms with E-state index >= 15 is 0 Å². The van der Waals surface area contributed by atoms with E-state index in [1.54, 1.807) is 0 Å². The molecule has 1 aliphatic heterocycles. The van der Waals surface area contributed by atoms with Crippen LogP contribution in [-0.2, 0) is 5.41 Å². The summed E-state index contributed by atoms with van der Waals surface area (Å²) in [5.74, 6) is 1.91. The zero-order valence-electron chi connectivity index (χ0n) is 60.9. The molecule has 0 fully saturated rings. The normalized spacial score (nSPS) is 14.8. The van der Waals surface area contributed by atoms with Crippen LogP contribution < -0.4 is 19.4 Å². The smallest absolute Gasteiger partial charge is 0.143 e. The van der Waals surface area contributed by atoms with E-state index < -0.39 is 5.41 Å². The zero-order chi connectivity index (χ0) is 73.7. The quantitative estimate of drug-likeness (QED) is 0.121. The molecule has 5 heterocycles. The Kier molecular flexibility index (Phi) is 14.6. The highest BCUT2D eigenvalue weighted by atomic mass is 32.1. The van der Waals surface area contributed by atoms with Gasteiger partial charge in [-0.3, -0.25) is 0 Å². The van der Waals surface area contributed by atoms with Crippen LogP contribution in [0, 0.1) is 5.92 Å². The summed E-state index contributed by atoms with van der Waals surface area (Å²) in [6.07, 6.45) is 7.99. The number of hydrogen-bond donors (Lipinski definition) is 0. The number of anilines is 9. The SMILES string of the molecule is CC1C=C(c2cc(N(c3ccccc3)c3cccc4c3-c3cc(N(c5ccccc5)c5cc(-c6cccc7c6oc6ccccc67)c6sc7ccccc7c6c5)ccc3C43c4ccccc4Oc4cc(N(c5ccccc5)c5ccc6sc7ccccc7c6c5-c5ccccc5)ccc43)cc3c2oc2ccccc23)C=CC1. The standard InChI is InChI=1S/C104H67N3O3S2/c1-64-27-24-30-66(57-64)80-59-73(60-81-75-38-15-20-47-92(75)110-102(80)81)107(69-35-12-5-13-36-69)89-45-26-44-88-99(89)84-58-70(105(67-31-8-3-9-32-67)72-61-82-76-39-16-22-49-95(76)112-103(82)83(62-72)78-42-25-41-77-74-37-14-19-46-91(74)109-101(77)78)51-53-85(84)104(88)86-43-18-21-48-93(86)108-94-63-71(52-54-87(94)104)106(68-33-10-4-11-34-68)90-55-56-97-100(79-40-17-23-50-96(79)111-97)98(90)65-28-6-2-7-29-65/h2-26,28-64H,27H2,1H3. The lowest BCUT2D eigenvalue weighted by molar-refractivity contribution is 0.436. The van der Waals surface area contributed by atoms with Crippen LogP contribution in [0.15, 0.2) is 379 Å². The maximum atomic E-state index is 7.61. The van der Waals surface area contributed by atoms with Crippen LogP contribution >= 0.6 is 22.7 Å². The second kappa shape index (κ2) is 25.4. The van der Waals surface area contributed by atoms with Crippen molar-refractivity contribution in [1.29, 1.82) is 0 Å². The van der Waals surface area contributed by atoms with Crippen LogP contribution in [0.25, 0.3) is 123 Å². The third-order valence-corrected chi connectivity index (χ3v) is 25.7. The van der Waals surface area contributed by atoms with Gasteiger partial charge in [0.15, 0.2) is 0 Å². The second-order valence-electron chi connectivity index (χ2n) is 29.7. The lowest BCUT2D eigenvalue weighted by Crippen LogP contribution is -2.32. The topological polar surface area (TPSA) is 45.2 Å². The average Bonchev–Trinajstić information content (AvgIpc) is 1.48. The molecule has 0 amide bonds. The lowest BCUT2D eigenvalue weighted by atomic mass is 9.66. The molecular formula is C104H67N3O3S2. The van der Waals surface area contributed by atoms with Crippen molar-refractivity contribution in [3.05, 3.63) is 398 Å². The third-order valence-electron chi connectivity index (χ3n) is 23.3. The molecule has 0 saturated carbocycles. The predicted octanol–water partition coefficient (Wildman–Crippen LogP) is 30.4. The number of nitrogens with zero attached hydrogens (tertiary/aromatic N) is 3. The van der Waals surface area contributed by atoms with Crippen molar-refractivity contribution in [3.63, 3.8) is 0 Å². The van der Waals surface area contributed by atoms with Crippen molar-refractivity contribution in [2.75, 3.05) is 14.7 Å². The Morgan fingerprint density at radius 1 is 0.330 bits per heavy atom. The highest BCUT2D eigenvalue weighted by molar-refractivity contribution is 7.26. The van der Waals surface area contributed by atoms with Crippen molar-refractivity contribution in [1.82, 2.24) is 0 Å². The van der Waals surface area contributed by atoms with Gasteiger partial charge < -0.3 is 28.3 Å². The molecule has 1 spiro atoms. The van der Waals surface area contributed by atoms with Crippen molar-refractivity contribution in [2.45, 2.75) is 18.8 Å². The minimum absolute atomic E-state index is 0.345. The summed E-state index contributed by atoms with van der Waals surface area (Å²) in [4.78, 5) is 7.42. The van der Waals surface area contributed by atoms with Gasteiger partial charge in [0.1, 0.15) is 33.8 Å². The predicted molar refractivity (Wildman–Crippen MR) is 470 cm³/mol. The monoisotopic (exact) mass is 1470 g/mol. The van der Waals surface area contributed by atoms with Crippen LogP contribution in [0.5, 0.6) is 11.5 Å². The van der Waals surface area contributed by atoms with Gasteiger partial charge in [-0.25, -0.2) is 0 Å². The minimum atomic E-state index is -0.945. The minimum Gasteiger partial charge on any atom is -0.457 e. The molecule has 2 unspecified atom stereocenters. The van der Waals surface area contributed by atoms with Gasteiger partial charge in [0.25, 0.3) is 0 Å². The molecular weight excluding hydrogens is 1400 g/mol. The number of rotatable bonds is 12. The Morgan fingerprint density at radius 3 is 1.61 bits per heavy atom. The van der Waals surface area contributed by atoms with Gasteiger partial charge in [-0.1, -0.05) is 244 Å². The van der Waals surface area contributed by atoms with Gasteiger partial charge in [-0.05, 0) is 168 Å². The summed E-state index contributed by atoms with van der Waals surface area (Å²) in [5, 5.41) is 9.19. The van der Waals surface area contributed by atoms with E-state index in [9.17, 15) is 0 Å². The first kappa shape index (κ1) is 64.3. The van der Waals surface area contributed by atoms with Gasteiger partial charge in [-0.2, -0.15) is 0 Å². The maximum Gasteiger partial charge on any atom is 0.143 e. The first-order valence-corrected chi connectivity index (χ1v) is 40.0. The largest absolute Gasteiger partial charge is 0.457 e. The van der Waals surface area contributed by atoms with Gasteiger partial charge in [0.05, 0.1) is 16.8 Å². The Morgan fingerprint density at radius 2 is 0.866 bits per heavy atom. The molecule has 0 radical (unpaired) electrons. The number of furan rings is 2. The van der Waals surface area contributed by atoms with E-state index in [1.807, 2.05) is 22.7 Å². The number of benzene rings is 16. The number of hydrogen-bond acceptors (Lipinski definition) is 8. The molecule has 6 nitrogen and oxygen atoms in total. The van der Waals surface area contributed by atoms with Gasteiger partial charge >= 0.3 is 0 Å². The van der Waals surface area contributed by atoms with Crippen molar-refractivity contribution in [2.24, 2.45) is 5.92 Å². The summed E-state index contributed by atoms with van der Waals surface area (Å²) in [6, 6.07) is 129. The molecule has 112 heavy (non-hydrogen) atoms. The van der Waals surface area contributed by atoms with Crippen LogP contribution in [0.3, 0.4) is 0 Å². The van der Waals surface area contributed by atoms with Crippen molar-refractivity contribution < 1.29 is 13.6 Å². The van der Waals surface area contributed by atoms with E-state index in [0.717, 1.165) is 174 Å². The molecule has 528 valence electrons. The van der Waals surface area contributed by atoms with Crippen LogP contribution in [0.4, 0.5) is 51.2 Å². The zero-order valence-corrected chi connectivity index (χ0v) is 62.5. The van der Waals surface area contributed by atoms with Crippen LogP contribution in [0.2, 0.25) is 0 Å². The molecule has 20 aromatic rings. The maximum absolute atomic E-state index is 7.61. The second-order valence-corrected chi connectivity index (χ2v) is 31.9. The molecule has 0 bridgehead atoms. The van der Waals surface area contributed by atoms with E-state index in [1.165, 1.54) is 45.9 Å². The van der Waals surface area contributed by atoms with Gasteiger partial charge in [-0.15, -0.1) is 22.7 Å². The third kappa shape index (κ3) is 9.81. The Hall–Kier alpha value is -13.8. The number of thiophene rings is 2. The summed E-state index contributed by atoms with van der Waals surface area (Å²) in [7, 11) is 0. The highest BCUT2D eigenvalue weighted by Crippen LogP contribution is 2.66. The van der Waals surface area contributed by atoms with E-state index in [0.29, 0.717) is 5.92 Å². The first-order chi connectivity index (χ1) is 55.4. The molecule has 8 heteroatoms. The van der Waals surface area contributed by atoms with E-state index in [4.69, 9.17) is 13.6 Å². The van der Waals surface area contributed by atoms with Crippen LogP contribution in [-0.4, -0.2) is 0 Å². The molecule has 23 rings (SSSR count). The van der Waals surface area contributed by atoms with Gasteiger partial charge in [0, 0.05) is 147 Å². The summed E-state index contributed by atoms with van der Waals surface area (Å²) in [5.41, 5.74) is 25.0. The average molecular weight is 1470 g/mol. The number of fused-ring (bicyclic) bond motifs is 21. The number of ether oxygens (including phenoxy) is 1. The first-order valence-electron chi connectivity index (χ1n) is 38.4. The van der Waals surface area contributed by atoms with Gasteiger partial charge in [0.2, 0.25) is 0 Å². The molecule has 2 atom stereocenters. The summed E-state index contributed by atoms with van der Waals surface area (Å²) < 4.78 is 26.5. The van der Waals surface area contributed by atoms with E-state index in [-0.39, 0.29) is 0 Å². The highest BCUT2D eigenvalue weighted by Gasteiger charge is 2.53. The van der Waals surface area contributed by atoms with E-state index in [2.05, 4.69) is 392 Å². The van der Waals surface area contributed by atoms with Crippen LogP contribution in [0.1, 0.15) is 41.2 Å². The number of para-hydroxylation sites is 7. The fraction of sp³-hybridized carbons (Fsp3) is 0.0385. The summed E-state index contributed by atoms with van der Waals surface area (Å²) >= 11 is 3.69. The Labute approximate surface area is 654 Å². The fourth-order valence-corrected chi connectivity index (χ4v) is 20.9. The molecule has 0 N–H and O–H groups in total. The molecule has 2 aliphatic carbocycles. The summed E-state index contributed by atoms with van der Waals surface area (Å²) in [6.45, 7) is 2.30. The molecule has 4 aromatic heterocycles. The Balaban J connectivity index is 0.803. The Bertz CT molecular complexity index is 7310. The molecule has 3 aliphatic rings. The molecule has 0 saturated heterocycles.